The normalized spacial score (nSPS) is 15.1. The van der Waals surface area contributed by atoms with Crippen molar-refractivity contribution in [1.29, 1.82) is 0 Å². The summed E-state index contributed by atoms with van der Waals surface area (Å²) in [5.74, 6) is -0.577. The molecule has 0 bridgehead atoms. The summed E-state index contributed by atoms with van der Waals surface area (Å²) >= 11 is 14.9. The Morgan fingerprint density at radius 1 is 1.03 bits per heavy atom. The van der Waals surface area contributed by atoms with Gasteiger partial charge in [0.1, 0.15) is 17.9 Å². The number of halogens is 2. The molecule has 0 saturated carbocycles. The van der Waals surface area contributed by atoms with Gasteiger partial charge in [0.05, 0.1) is 5.69 Å². The number of carbonyl (C=O) groups is 2. The fraction of sp³-hybridized carbons (Fsp3) is 0.0417. The zero-order chi connectivity index (χ0) is 22.7. The molecular formula is C24H16BrClN2O3S. The number of ether oxygens (including phenoxy) is 1. The lowest BCUT2D eigenvalue weighted by Gasteiger charge is -2.29. The monoisotopic (exact) mass is 526 g/mol. The van der Waals surface area contributed by atoms with Crippen molar-refractivity contribution in [2.75, 3.05) is 4.90 Å². The number of benzene rings is 3. The number of nitrogens with zero attached hydrogens (tertiary/aromatic N) is 1. The van der Waals surface area contributed by atoms with Gasteiger partial charge in [-0.15, -0.1) is 0 Å². The van der Waals surface area contributed by atoms with E-state index in [0.29, 0.717) is 22.0 Å². The predicted octanol–water partition coefficient (Wildman–Crippen LogP) is 5.51. The second kappa shape index (κ2) is 9.65. The van der Waals surface area contributed by atoms with Crippen LogP contribution in [-0.2, 0) is 16.2 Å². The molecule has 0 aliphatic carbocycles. The standard InChI is InChI=1S/C24H16BrClN2O3S/c25-17-10-11-21(31-14-15-6-4-5-9-20(15)26)16(12-17)13-19-22(29)27-24(32)28(23(19)30)18-7-2-1-3-8-18/h1-13H,14H2,(H,27,29,32)/b19-13-. The first-order valence-corrected chi connectivity index (χ1v) is 11.1. The van der Waals surface area contributed by atoms with E-state index in [4.69, 9.17) is 28.6 Å². The predicted molar refractivity (Wildman–Crippen MR) is 133 cm³/mol. The minimum Gasteiger partial charge on any atom is -0.488 e. The molecule has 1 N–H and O–H groups in total. The lowest BCUT2D eigenvalue weighted by atomic mass is 10.1. The van der Waals surface area contributed by atoms with Crippen molar-refractivity contribution in [2.45, 2.75) is 6.61 Å². The van der Waals surface area contributed by atoms with Gasteiger partial charge in [0.25, 0.3) is 11.8 Å². The van der Waals surface area contributed by atoms with Crippen molar-refractivity contribution in [3.63, 3.8) is 0 Å². The molecule has 0 aromatic heterocycles. The van der Waals surface area contributed by atoms with Crippen LogP contribution < -0.4 is 15.0 Å². The second-order valence-corrected chi connectivity index (χ2v) is 8.57. The van der Waals surface area contributed by atoms with Gasteiger partial charge < -0.3 is 4.74 Å². The number of anilines is 1. The average molecular weight is 528 g/mol. The van der Waals surface area contributed by atoms with Crippen LogP contribution in [0.15, 0.2) is 82.8 Å². The maximum Gasteiger partial charge on any atom is 0.270 e. The molecule has 4 rings (SSSR count). The quantitative estimate of drug-likeness (QED) is 0.270. The van der Waals surface area contributed by atoms with Gasteiger partial charge >= 0.3 is 0 Å². The van der Waals surface area contributed by atoms with Crippen LogP contribution in [0, 0.1) is 0 Å². The molecule has 1 aliphatic heterocycles. The van der Waals surface area contributed by atoms with E-state index >= 15 is 0 Å². The Kier molecular flexibility index (Phi) is 6.69. The lowest BCUT2D eigenvalue weighted by Crippen LogP contribution is -2.54. The van der Waals surface area contributed by atoms with E-state index in [1.165, 1.54) is 11.0 Å². The van der Waals surface area contributed by atoms with Gasteiger partial charge in [-0.1, -0.05) is 63.9 Å². The third-order valence-corrected chi connectivity index (χ3v) is 5.88. The smallest absolute Gasteiger partial charge is 0.270 e. The summed E-state index contributed by atoms with van der Waals surface area (Å²) < 4.78 is 6.74. The number of para-hydroxylation sites is 1. The van der Waals surface area contributed by atoms with Crippen molar-refractivity contribution in [3.05, 3.63) is 99.0 Å². The van der Waals surface area contributed by atoms with E-state index in [9.17, 15) is 9.59 Å². The van der Waals surface area contributed by atoms with E-state index in [0.717, 1.165) is 10.0 Å². The molecule has 0 spiro atoms. The van der Waals surface area contributed by atoms with Crippen molar-refractivity contribution in [2.24, 2.45) is 0 Å². The highest BCUT2D eigenvalue weighted by Gasteiger charge is 2.34. The van der Waals surface area contributed by atoms with Crippen LogP contribution in [0.1, 0.15) is 11.1 Å². The molecule has 8 heteroatoms. The highest BCUT2D eigenvalue weighted by molar-refractivity contribution is 9.10. The molecule has 0 radical (unpaired) electrons. The molecule has 5 nitrogen and oxygen atoms in total. The SMILES string of the molecule is O=C1NC(=S)N(c2ccccc2)C(=O)/C1=C\c1cc(Br)ccc1OCc1ccccc1Cl. The van der Waals surface area contributed by atoms with Gasteiger partial charge in [-0.3, -0.25) is 19.8 Å². The van der Waals surface area contributed by atoms with Crippen LogP contribution in [0.5, 0.6) is 5.75 Å². The fourth-order valence-corrected chi connectivity index (χ4v) is 4.01. The molecule has 3 aromatic rings. The topological polar surface area (TPSA) is 58.6 Å². The first-order chi connectivity index (χ1) is 15.4. The summed E-state index contributed by atoms with van der Waals surface area (Å²) in [5, 5.41) is 3.22. The zero-order valence-electron chi connectivity index (χ0n) is 16.5. The maximum atomic E-state index is 13.2. The van der Waals surface area contributed by atoms with E-state index in [2.05, 4.69) is 21.2 Å². The molecule has 0 unspecified atom stereocenters. The number of carbonyl (C=O) groups excluding carboxylic acids is 2. The summed E-state index contributed by atoms with van der Waals surface area (Å²) in [5.41, 5.74) is 1.90. The van der Waals surface area contributed by atoms with E-state index in [-0.39, 0.29) is 17.3 Å². The first-order valence-electron chi connectivity index (χ1n) is 9.56. The van der Waals surface area contributed by atoms with Crippen molar-refractivity contribution < 1.29 is 14.3 Å². The Morgan fingerprint density at radius 2 is 1.75 bits per heavy atom. The summed E-state index contributed by atoms with van der Waals surface area (Å²) in [4.78, 5) is 27.1. The first kappa shape index (κ1) is 22.2. The van der Waals surface area contributed by atoms with Crippen LogP contribution in [0.2, 0.25) is 5.02 Å². The van der Waals surface area contributed by atoms with Crippen LogP contribution in [0.3, 0.4) is 0 Å². The Hall–Kier alpha value is -3.00. The van der Waals surface area contributed by atoms with Crippen LogP contribution in [0.4, 0.5) is 5.69 Å². The van der Waals surface area contributed by atoms with Gasteiger partial charge in [0.2, 0.25) is 0 Å². The number of amides is 2. The van der Waals surface area contributed by atoms with Gasteiger partial charge in [-0.2, -0.15) is 0 Å². The molecule has 32 heavy (non-hydrogen) atoms. The van der Waals surface area contributed by atoms with Gasteiger partial charge in [0.15, 0.2) is 5.11 Å². The molecule has 2 amide bonds. The maximum absolute atomic E-state index is 13.2. The molecule has 160 valence electrons. The van der Waals surface area contributed by atoms with E-state index in [1.54, 1.807) is 42.5 Å². The van der Waals surface area contributed by atoms with Crippen LogP contribution >= 0.6 is 39.7 Å². The Labute approximate surface area is 203 Å². The largest absolute Gasteiger partial charge is 0.488 e. The Morgan fingerprint density at radius 3 is 2.50 bits per heavy atom. The summed E-state index contributed by atoms with van der Waals surface area (Å²) in [6.45, 7) is 0.234. The van der Waals surface area contributed by atoms with E-state index < -0.39 is 11.8 Å². The minimum atomic E-state index is -0.566. The minimum absolute atomic E-state index is 0.0350. The summed E-state index contributed by atoms with van der Waals surface area (Å²) in [6, 6.07) is 21.6. The number of rotatable bonds is 5. The number of thiocarbonyl (C=S) groups is 1. The Bertz CT molecular complexity index is 1250. The fourth-order valence-electron chi connectivity index (χ4n) is 3.16. The number of nitrogens with one attached hydrogen (secondary N) is 1. The molecule has 1 fully saturated rings. The van der Waals surface area contributed by atoms with E-state index in [1.807, 2.05) is 30.3 Å². The molecular weight excluding hydrogens is 512 g/mol. The number of hydrogen-bond acceptors (Lipinski definition) is 4. The molecule has 3 aromatic carbocycles. The molecule has 1 saturated heterocycles. The third-order valence-electron chi connectivity index (χ3n) is 4.73. The zero-order valence-corrected chi connectivity index (χ0v) is 19.7. The average Bonchev–Trinajstić information content (AvgIpc) is 2.77. The van der Waals surface area contributed by atoms with Crippen molar-refractivity contribution in [3.8, 4) is 5.75 Å². The third kappa shape index (κ3) is 4.75. The molecule has 1 aliphatic rings. The van der Waals surface area contributed by atoms with Crippen LogP contribution in [0.25, 0.3) is 6.08 Å². The van der Waals surface area contributed by atoms with Crippen molar-refractivity contribution >= 4 is 68.4 Å². The Balaban J connectivity index is 1.68. The lowest BCUT2D eigenvalue weighted by molar-refractivity contribution is -0.122. The molecule has 1 heterocycles. The van der Waals surface area contributed by atoms with Gasteiger partial charge in [-0.25, -0.2) is 0 Å². The van der Waals surface area contributed by atoms with Crippen molar-refractivity contribution in [1.82, 2.24) is 5.32 Å². The second-order valence-electron chi connectivity index (χ2n) is 6.86. The summed E-state index contributed by atoms with van der Waals surface area (Å²) in [7, 11) is 0. The summed E-state index contributed by atoms with van der Waals surface area (Å²) in [6.07, 6.45) is 1.50. The molecule has 0 atom stereocenters. The highest BCUT2D eigenvalue weighted by Crippen LogP contribution is 2.29. The van der Waals surface area contributed by atoms with Gasteiger partial charge in [-0.05, 0) is 54.7 Å². The van der Waals surface area contributed by atoms with Gasteiger partial charge in [0, 0.05) is 20.6 Å². The van der Waals surface area contributed by atoms with Crippen LogP contribution in [-0.4, -0.2) is 16.9 Å². The highest BCUT2D eigenvalue weighted by atomic mass is 79.9. The number of hydrogen-bond donors (Lipinski definition) is 1.